The van der Waals surface area contributed by atoms with E-state index in [4.69, 9.17) is 9.26 Å². The van der Waals surface area contributed by atoms with Gasteiger partial charge >= 0.3 is 0 Å². The monoisotopic (exact) mass is 384 g/mol. The highest BCUT2D eigenvalue weighted by Crippen LogP contribution is 2.28. The van der Waals surface area contributed by atoms with E-state index in [2.05, 4.69) is 39.9 Å². The van der Waals surface area contributed by atoms with Crippen LogP contribution in [0.25, 0.3) is 0 Å². The highest BCUT2D eigenvalue weighted by atomic mass is 32.2. The molecule has 0 unspecified atom stereocenters. The predicted molar refractivity (Wildman–Crippen MR) is 97.5 cm³/mol. The van der Waals surface area contributed by atoms with Gasteiger partial charge in [0.1, 0.15) is 0 Å². The molecular weight excluding hydrogens is 356 g/mol. The van der Waals surface area contributed by atoms with Crippen LogP contribution in [-0.2, 0) is 27.5 Å². The number of allylic oxidation sites excluding steroid dienone is 1. The van der Waals surface area contributed by atoms with Gasteiger partial charge in [-0.15, -0.1) is 0 Å². The number of methoxy groups -OCH3 is 1. The van der Waals surface area contributed by atoms with Crippen LogP contribution in [0.5, 0.6) is 0 Å². The Hall–Kier alpha value is -1.29. The Kier molecular flexibility index (Phi) is 6.11. The summed E-state index contributed by atoms with van der Waals surface area (Å²) in [6.07, 6.45) is 2.77. The van der Waals surface area contributed by atoms with E-state index >= 15 is 0 Å². The number of sulfone groups is 1. The quantitative estimate of drug-likeness (QED) is 0.628. The van der Waals surface area contributed by atoms with Gasteiger partial charge in [-0.2, -0.15) is 4.98 Å². The summed E-state index contributed by atoms with van der Waals surface area (Å²) in [5.41, 5.74) is 1.25. The fourth-order valence-corrected chi connectivity index (χ4v) is 5.69. The Morgan fingerprint density at radius 1 is 1.27 bits per heavy atom. The molecule has 2 atom stereocenters. The molecule has 26 heavy (non-hydrogen) atoms. The lowest BCUT2D eigenvalue weighted by atomic mass is 10.0. The Balaban J connectivity index is 1.69. The van der Waals surface area contributed by atoms with E-state index < -0.39 is 9.84 Å². The summed E-state index contributed by atoms with van der Waals surface area (Å²) < 4.78 is 34.9. The van der Waals surface area contributed by atoms with E-state index in [0.29, 0.717) is 31.3 Å². The molecule has 2 saturated heterocycles. The summed E-state index contributed by atoms with van der Waals surface area (Å²) in [7, 11) is -1.38. The van der Waals surface area contributed by atoms with Crippen molar-refractivity contribution in [3.63, 3.8) is 0 Å². The maximum absolute atomic E-state index is 12.3. The van der Waals surface area contributed by atoms with Crippen LogP contribution in [0.15, 0.2) is 16.2 Å². The van der Waals surface area contributed by atoms with Crippen LogP contribution >= 0.6 is 0 Å². The molecule has 0 saturated carbocycles. The van der Waals surface area contributed by atoms with Gasteiger partial charge in [-0.25, -0.2) is 8.42 Å². The van der Waals surface area contributed by atoms with Gasteiger partial charge in [-0.05, 0) is 13.8 Å². The average molecular weight is 385 g/mol. The van der Waals surface area contributed by atoms with Crippen molar-refractivity contribution in [2.45, 2.75) is 38.9 Å². The Bertz CT molecular complexity index is 742. The summed E-state index contributed by atoms with van der Waals surface area (Å²) in [6.45, 7) is 7.60. The number of nitrogens with zero attached hydrogens (tertiary/aromatic N) is 4. The molecule has 2 fully saturated rings. The van der Waals surface area contributed by atoms with Crippen molar-refractivity contribution in [2.75, 3.05) is 44.9 Å². The summed E-state index contributed by atoms with van der Waals surface area (Å²) in [4.78, 5) is 8.87. The first kappa shape index (κ1) is 19.5. The van der Waals surface area contributed by atoms with Crippen molar-refractivity contribution >= 4 is 9.84 Å². The molecule has 1 aromatic rings. The lowest BCUT2D eigenvalue weighted by Gasteiger charge is -2.43. The molecule has 3 heterocycles. The molecule has 0 amide bonds. The fraction of sp³-hybridized carbons (Fsp3) is 0.765. The van der Waals surface area contributed by atoms with Crippen molar-refractivity contribution < 1.29 is 17.7 Å². The Labute approximate surface area is 155 Å². The van der Waals surface area contributed by atoms with E-state index in [1.165, 1.54) is 5.57 Å². The zero-order chi connectivity index (χ0) is 18.7. The third-order valence-electron chi connectivity index (χ3n) is 5.02. The molecule has 9 heteroatoms. The number of ether oxygens (including phenoxy) is 1. The minimum atomic E-state index is -3.02. The molecule has 8 nitrogen and oxygen atoms in total. The third-order valence-corrected chi connectivity index (χ3v) is 6.72. The smallest absolute Gasteiger partial charge is 0.240 e. The van der Waals surface area contributed by atoms with Gasteiger partial charge in [0, 0.05) is 45.2 Å². The van der Waals surface area contributed by atoms with Crippen molar-refractivity contribution in [3.8, 4) is 0 Å². The molecule has 0 spiro atoms. The molecule has 3 rings (SSSR count). The molecule has 0 aliphatic carbocycles. The zero-order valence-electron chi connectivity index (χ0n) is 15.7. The van der Waals surface area contributed by atoms with E-state index in [1.54, 1.807) is 7.11 Å². The van der Waals surface area contributed by atoms with Gasteiger partial charge in [-0.3, -0.25) is 9.80 Å². The van der Waals surface area contributed by atoms with Crippen LogP contribution in [-0.4, -0.2) is 85.3 Å². The van der Waals surface area contributed by atoms with Crippen LogP contribution in [0.1, 0.15) is 25.6 Å². The molecule has 2 aliphatic rings. The van der Waals surface area contributed by atoms with Gasteiger partial charge in [0.05, 0.1) is 24.7 Å². The minimum absolute atomic E-state index is 0.0198. The number of piperazine rings is 1. The molecule has 0 bridgehead atoms. The van der Waals surface area contributed by atoms with E-state index in [1.807, 2.05) is 0 Å². The van der Waals surface area contributed by atoms with E-state index in [0.717, 1.165) is 19.6 Å². The fourth-order valence-electron chi connectivity index (χ4n) is 3.64. The van der Waals surface area contributed by atoms with Crippen LogP contribution in [0, 0.1) is 0 Å². The number of fused-ring (bicyclic) bond motifs is 1. The number of hydrogen-bond donors (Lipinski definition) is 0. The molecule has 1 aromatic heterocycles. The van der Waals surface area contributed by atoms with Crippen LogP contribution in [0.4, 0.5) is 0 Å². The second-order valence-electron chi connectivity index (χ2n) is 7.31. The molecule has 146 valence electrons. The standard InChI is InChI=1S/C17H28N4O4S/c1-13(2)4-6-20-7-8-21(15-12-26(22,23)11-14(15)20)10-17-18-16(19-25-17)5-9-24-3/h4,14-15H,5-12H2,1-3H3/t14-,15+/m1/s1. The highest BCUT2D eigenvalue weighted by molar-refractivity contribution is 7.91. The molecule has 0 N–H and O–H groups in total. The number of hydrogen-bond acceptors (Lipinski definition) is 8. The van der Waals surface area contributed by atoms with Crippen molar-refractivity contribution in [2.24, 2.45) is 0 Å². The minimum Gasteiger partial charge on any atom is -0.384 e. The lowest BCUT2D eigenvalue weighted by molar-refractivity contribution is 0.0411. The van der Waals surface area contributed by atoms with Crippen LogP contribution < -0.4 is 0 Å². The number of rotatable bonds is 7. The van der Waals surface area contributed by atoms with Crippen molar-refractivity contribution in [1.82, 2.24) is 19.9 Å². The van der Waals surface area contributed by atoms with Gasteiger partial charge in [0.2, 0.25) is 5.89 Å². The van der Waals surface area contributed by atoms with Gasteiger partial charge in [-0.1, -0.05) is 16.8 Å². The predicted octanol–water partition coefficient (Wildman–Crippen LogP) is 0.508. The lowest BCUT2D eigenvalue weighted by Crippen LogP contribution is -2.58. The maximum Gasteiger partial charge on any atom is 0.240 e. The largest absolute Gasteiger partial charge is 0.384 e. The van der Waals surface area contributed by atoms with Crippen molar-refractivity contribution in [3.05, 3.63) is 23.4 Å². The zero-order valence-corrected chi connectivity index (χ0v) is 16.5. The van der Waals surface area contributed by atoms with Gasteiger partial charge < -0.3 is 9.26 Å². The summed E-state index contributed by atoms with van der Waals surface area (Å²) >= 11 is 0. The molecule has 0 radical (unpaired) electrons. The normalized spacial score (nSPS) is 26.0. The second kappa shape index (κ2) is 8.16. The molecular formula is C17H28N4O4S. The van der Waals surface area contributed by atoms with Gasteiger partial charge in [0.15, 0.2) is 15.7 Å². The van der Waals surface area contributed by atoms with Gasteiger partial charge in [0.25, 0.3) is 0 Å². The topological polar surface area (TPSA) is 88.8 Å². The SMILES string of the molecule is COCCc1noc(CN2CCN(CC=C(C)C)[C@@H]3CS(=O)(=O)C[C@@H]32)n1. The van der Waals surface area contributed by atoms with Crippen LogP contribution in [0.3, 0.4) is 0 Å². The molecule has 0 aromatic carbocycles. The summed E-state index contributed by atoms with van der Waals surface area (Å²) in [5, 5.41) is 3.97. The molecule has 2 aliphatic heterocycles. The van der Waals surface area contributed by atoms with Crippen molar-refractivity contribution in [1.29, 1.82) is 0 Å². The van der Waals surface area contributed by atoms with E-state index in [9.17, 15) is 8.42 Å². The first-order chi connectivity index (χ1) is 12.4. The van der Waals surface area contributed by atoms with Crippen LogP contribution in [0.2, 0.25) is 0 Å². The second-order valence-corrected chi connectivity index (χ2v) is 9.46. The number of aromatic nitrogens is 2. The first-order valence-corrected chi connectivity index (χ1v) is 10.8. The highest BCUT2D eigenvalue weighted by Gasteiger charge is 2.46. The maximum atomic E-state index is 12.3. The Morgan fingerprint density at radius 3 is 2.65 bits per heavy atom. The first-order valence-electron chi connectivity index (χ1n) is 9.00. The third kappa shape index (κ3) is 4.70. The van der Waals surface area contributed by atoms with E-state index in [-0.39, 0.29) is 23.6 Å². The Morgan fingerprint density at radius 2 is 1.96 bits per heavy atom. The summed E-state index contributed by atoms with van der Waals surface area (Å²) in [5.74, 6) is 1.60. The average Bonchev–Trinajstić information content (AvgIpc) is 3.15. The summed E-state index contributed by atoms with van der Waals surface area (Å²) in [6, 6.07) is 0.00821.